The average molecular weight is 212 g/mol. The van der Waals surface area contributed by atoms with Crippen molar-refractivity contribution < 1.29 is 26.3 Å². The molecule has 0 spiro atoms. The van der Waals surface area contributed by atoms with E-state index in [-0.39, 0.29) is 6.67 Å². The molecule has 0 aromatic rings. The normalized spacial score (nSPS) is 9.23. The highest BCUT2D eigenvalue weighted by molar-refractivity contribution is 4.62. The van der Waals surface area contributed by atoms with Gasteiger partial charge in [-0.3, -0.25) is 13.2 Å². The van der Waals surface area contributed by atoms with E-state index in [1.54, 1.807) is 0 Å². The molecular formula is C7H14F6. The molecule has 0 radical (unpaired) electrons. The van der Waals surface area contributed by atoms with Crippen LogP contribution in [-0.2, 0) is 0 Å². The van der Waals surface area contributed by atoms with Crippen LogP contribution >= 0.6 is 0 Å². The Balaban J connectivity index is -0.000000169. The molecule has 0 fully saturated rings. The van der Waals surface area contributed by atoms with E-state index >= 15 is 0 Å². The first-order chi connectivity index (χ1) is 6.04. The molecule has 0 amide bonds. The second-order valence-corrected chi connectivity index (χ2v) is 1.70. The van der Waals surface area contributed by atoms with Crippen LogP contribution in [0.4, 0.5) is 26.3 Å². The molecule has 0 aliphatic rings. The lowest BCUT2D eigenvalue weighted by Crippen LogP contribution is -2.18. The standard InChI is InChI=1S/C4H6F4.C2H5F.CH3F/c5-2-1-4(7,8)3-6;1-2-3;1-2/h1-3H2;2H2,1H3;1H3. The molecule has 0 aliphatic heterocycles. The summed E-state index contributed by atoms with van der Waals surface area (Å²) in [7, 11) is 0.500. The molecule has 0 N–H and O–H groups in total. The van der Waals surface area contributed by atoms with Gasteiger partial charge < -0.3 is 0 Å². The first-order valence-corrected chi connectivity index (χ1v) is 3.47. The summed E-state index contributed by atoms with van der Waals surface area (Å²) in [6.45, 7) is -1.73. The van der Waals surface area contributed by atoms with Crippen LogP contribution < -0.4 is 0 Å². The lowest BCUT2D eigenvalue weighted by atomic mass is 10.3. The zero-order valence-electron chi connectivity index (χ0n) is 7.60. The molecule has 6 heteroatoms. The van der Waals surface area contributed by atoms with E-state index in [1.807, 2.05) is 0 Å². The van der Waals surface area contributed by atoms with E-state index in [0.717, 1.165) is 0 Å². The maximum atomic E-state index is 11.5. The lowest BCUT2D eigenvalue weighted by Gasteiger charge is -2.07. The smallest absolute Gasteiger partial charge is 0.255 e. The van der Waals surface area contributed by atoms with Gasteiger partial charge >= 0.3 is 0 Å². The van der Waals surface area contributed by atoms with Crippen molar-refractivity contribution in [1.82, 2.24) is 0 Å². The van der Waals surface area contributed by atoms with E-state index in [4.69, 9.17) is 0 Å². The van der Waals surface area contributed by atoms with Gasteiger partial charge in [0.05, 0.1) is 20.5 Å². The zero-order chi connectivity index (χ0) is 11.3. The fourth-order valence-electron chi connectivity index (χ4n) is 0.205. The second kappa shape index (κ2) is 14.1. The summed E-state index contributed by atoms with van der Waals surface area (Å²) in [6, 6.07) is 0. The highest BCUT2D eigenvalue weighted by Gasteiger charge is 2.27. The Morgan fingerprint density at radius 1 is 1.00 bits per heavy atom. The van der Waals surface area contributed by atoms with Gasteiger partial charge in [-0.25, -0.2) is 13.2 Å². The Bertz CT molecular complexity index is 75.4. The summed E-state index contributed by atoms with van der Waals surface area (Å²) < 4.78 is 64.9. The van der Waals surface area contributed by atoms with E-state index in [1.165, 1.54) is 6.92 Å². The monoisotopic (exact) mass is 212 g/mol. The van der Waals surface area contributed by atoms with Crippen LogP contribution in [0, 0.1) is 0 Å². The van der Waals surface area contributed by atoms with Gasteiger partial charge in [-0.15, -0.1) is 0 Å². The third kappa shape index (κ3) is 24.5. The van der Waals surface area contributed by atoms with Gasteiger partial charge in [0, 0.05) is 6.42 Å². The largest absolute Gasteiger partial charge is 0.278 e. The molecule has 0 saturated carbocycles. The number of hydrogen-bond acceptors (Lipinski definition) is 0. The Labute approximate surface area is 73.9 Å². The zero-order valence-corrected chi connectivity index (χ0v) is 7.60. The van der Waals surface area contributed by atoms with Gasteiger partial charge in [-0.05, 0) is 6.92 Å². The van der Waals surface area contributed by atoms with E-state index in [9.17, 15) is 26.3 Å². The third-order valence-corrected chi connectivity index (χ3v) is 0.656. The Kier molecular flexibility index (Phi) is 20.0. The molecule has 0 saturated heterocycles. The SMILES string of the molecule is CCF.CF.FCCC(F)(F)CF. The molecule has 0 aromatic carbocycles. The predicted octanol–water partition coefficient (Wildman–Crippen LogP) is 3.51. The Hall–Kier alpha value is -0.420. The van der Waals surface area contributed by atoms with Crippen LogP contribution in [0.1, 0.15) is 13.3 Å². The van der Waals surface area contributed by atoms with Gasteiger partial charge in [0.25, 0.3) is 5.92 Å². The summed E-state index contributed by atoms with van der Waals surface area (Å²) in [5.74, 6) is -3.45. The number of hydrogen-bond donors (Lipinski definition) is 0. The summed E-state index contributed by atoms with van der Waals surface area (Å²) in [4.78, 5) is 0. The van der Waals surface area contributed by atoms with Crippen molar-refractivity contribution in [2.75, 3.05) is 27.2 Å². The quantitative estimate of drug-likeness (QED) is 0.628. The van der Waals surface area contributed by atoms with E-state index in [0.29, 0.717) is 7.18 Å². The molecule has 0 nitrogen and oxygen atoms in total. The molecule has 13 heavy (non-hydrogen) atoms. The fraction of sp³-hybridized carbons (Fsp3) is 1.00. The van der Waals surface area contributed by atoms with E-state index < -0.39 is 25.7 Å². The van der Waals surface area contributed by atoms with Crippen LogP contribution in [0.5, 0.6) is 0 Å². The molecule has 0 aromatic heterocycles. The third-order valence-electron chi connectivity index (χ3n) is 0.656. The molecule has 0 atom stereocenters. The second-order valence-electron chi connectivity index (χ2n) is 1.70. The molecular weight excluding hydrogens is 198 g/mol. The summed E-state index contributed by atoms with van der Waals surface area (Å²) in [5.41, 5.74) is 0. The van der Waals surface area contributed by atoms with Gasteiger partial charge in [0.15, 0.2) is 6.67 Å². The van der Waals surface area contributed by atoms with Crippen molar-refractivity contribution in [2.24, 2.45) is 0 Å². The minimum Gasteiger partial charge on any atom is -0.255 e. The van der Waals surface area contributed by atoms with Crippen molar-refractivity contribution in [1.29, 1.82) is 0 Å². The molecule has 0 aliphatic carbocycles. The fourth-order valence-corrected chi connectivity index (χ4v) is 0.205. The number of rotatable bonds is 3. The van der Waals surface area contributed by atoms with Gasteiger partial charge in [-0.2, -0.15) is 0 Å². The average Bonchev–Trinajstić information content (AvgIpc) is 2.10. The first kappa shape index (κ1) is 18.4. The maximum Gasteiger partial charge on any atom is 0.278 e. The molecule has 0 unspecified atom stereocenters. The van der Waals surface area contributed by atoms with Crippen LogP contribution in [0.15, 0.2) is 0 Å². The Morgan fingerprint density at radius 3 is 1.38 bits per heavy atom. The van der Waals surface area contributed by atoms with Crippen molar-refractivity contribution in [3.8, 4) is 0 Å². The van der Waals surface area contributed by atoms with Crippen LogP contribution in [0.2, 0.25) is 0 Å². The van der Waals surface area contributed by atoms with Gasteiger partial charge in [0.1, 0.15) is 0 Å². The Morgan fingerprint density at radius 2 is 1.31 bits per heavy atom. The predicted molar refractivity (Wildman–Crippen MR) is 40.2 cm³/mol. The molecule has 0 rings (SSSR count). The topological polar surface area (TPSA) is 0 Å². The van der Waals surface area contributed by atoms with Crippen molar-refractivity contribution in [3.05, 3.63) is 0 Å². The minimum absolute atomic E-state index is 0.250. The van der Waals surface area contributed by atoms with Crippen LogP contribution in [-0.4, -0.2) is 33.1 Å². The molecule has 0 heterocycles. The molecule has 84 valence electrons. The lowest BCUT2D eigenvalue weighted by molar-refractivity contribution is -0.0344. The summed E-state index contributed by atoms with van der Waals surface area (Å²) in [5, 5.41) is 0. The van der Waals surface area contributed by atoms with E-state index in [2.05, 4.69) is 0 Å². The highest BCUT2D eigenvalue weighted by Crippen LogP contribution is 2.17. The van der Waals surface area contributed by atoms with Gasteiger partial charge in [0.2, 0.25) is 0 Å². The first-order valence-electron chi connectivity index (χ1n) is 3.47. The highest BCUT2D eigenvalue weighted by atomic mass is 19.3. The van der Waals surface area contributed by atoms with Crippen LogP contribution in [0.3, 0.4) is 0 Å². The van der Waals surface area contributed by atoms with Crippen molar-refractivity contribution in [2.45, 2.75) is 19.3 Å². The number of halogens is 6. The minimum atomic E-state index is -3.45. The summed E-state index contributed by atoms with van der Waals surface area (Å²) >= 11 is 0. The van der Waals surface area contributed by atoms with Crippen molar-refractivity contribution >= 4 is 0 Å². The molecule has 0 bridgehead atoms. The summed E-state index contributed by atoms with van der Waals surface area (Å²) in [6.07, 6.45) is -1.01. The number of alkyl halides is 6. The maximum absolute atomic E-state index is 11.5. The van der Waals surface area contributed by atoms with Gasteiger partial charge in [-0.1, -0.05) is 0 Å². The van der Waals surface area contributed by atoms with Crippen LogP contribution in [0.25, 0.3) is 0 Å². The van der Waals surface area contributed by atoms with Crippen molar-refractivity contribution in [3.63, 3.8) is 0 Å².